The van der Waals surface area contributed by atoms with E-state index in [-0.39, 0.29) is 23.9 Å². The Hall–Kier alpha value is -1.97. The van der Waals surface area contributed by atoms with Crippen LogP contribution in [0.15, 0.2) is 24.3 Å². The monoisotopic (exact) mass is 289 g/mol. The largest absolute Gasteiger partial charge is 0.326 e. The van der Waals surface area contributed by atoms with Crippen LogP contribution in [0.5, 0.6) is 0 Å². The maximum atomic E-state index is 11.6. The molecule has 0 aliphatic carbocycles. The van der Waals surface area contributed by atoms with Gasteiger partial charge in [0.25, 0.3) is 0 Å². The van der Waals surface area contributed by atoms with Crippen LogP contribution >= 0.6 is 0 Å². The fourth-order valence-corrected chi connectivity index (χ4v) is 1.97. The van der Waals surface area contributed by atoms with E-state index in [1.54, 1.807) is 0 Å². The van der Waals surface area contributed by atoms with Crippen LogP contribution in [0.3, 0.4) is 0 Å². The Labute approximate surface area is 125 Å². The number of ketones is 2. The number of unbranched alkanes of at least 4 members (excludes halogenated alkanes) is 1. The molecule has 1 amide bonds. The van der Waals surface area contributed by atoms with Gasteiger partial charge in [-0.1, -0.05) is 25.5 Å². The van der Waals surface area contributed by atoms with E-state index in [4.69, 9.17) is 0 Å². The molecule has 0 saturated carbocycles. The van der Waals surface area contributed by atoms with Crippen molar-refractivity contribution in [1.82, 2.24) is 0 Å². The highest BCUT2D eigenvalue weighted by Gasteiger charge is 2.06. The molecule has 0 atom stereocenters. The average Bonchev–Trinajstić information content (AvgIpc) is 2.43. The van der Waals surface area contributed by atoms with Crippen LogP contribution in [0.2, 0.25) is 0 Å². The summed E-state index contributed by atoms with van der Waals surface area (Å²) in [6, 6.07) is 7.48. The first-order valence-electron chi connectivity index (χ1n) is 7.41. The lowest BCUT2D eigenvalue weighted by Crippen LogP contribution is -2.10. The lowest BCUT2D eigenvalue weighted by Gasteiger charge is -2.06. The molecule has 0 spiro atoms. The Bertz CT molecular complexity index is 491. The van der Waals surface area contributed by atoms with Gasteiger partial charge in [0.1, 0.15) is 11.6 Å². The minimum Gasteiger partial charge on any atom is -0.326 e. The summed E-state index contributed by atoms with van der Waals surface area (Å²) in [4.78, 5) is 33.9. The molecule has 1 aromatic carbocycles. The van der Waals surface area contributed by atoms with Crippen LogP contribution in [0, 0.1) is 0 Å². The van der Waals surface area contributed by atoms with Crippen LogP contribution in [0.4, 0.5) is 5.69 Å². The topological polar surface area (TPSA) is 63.2 Å². The van der Waals surface area contributed by atoms with E-state index < -0.39 is 0 Å². The van der Waals surface area contributed by atoms with Gasteiger partial charge in [0.2, 0.25) is 5.91 Å². The smallest absolute Gasteiger partial charge is 0.224 e. The number of Topliss-reactive ketones (excluding diaryl/α,β-unsaturated/α-hetero) is 2. The predicted molar refractivity (Wildman–Crippen MR) is 83.2 cm³/mol. The molecule has 0 aliphatic rings. The van der Waals surface area contributed by atoms with Gasteiger partial charge in [0.15, 0.2) is 0 Å². The molecule has 4 nitrogen and oxygen atoms in total. The second kappa shape index (κ2) is 9.06. The second-order valence-electron chi connectivity index (χ2n) is 5.27. The van der Waals surface area contributed by atoms with Gasteiger partial charge < -0.3 is 5.32 Å². The molecule has 21 heavy (non-hydrogen) atoms. The van der Waals surface area contributed by atoms with Crippen LogP contribution in [-0.2, 0) is 20.8 Å². The van der Waals surface area contributed by atoms with Crippen molar-refractivity contribution in [3.8, 4) is 0 Å². The molecule has 0 fully saturated rings. The maximum absolute atomic E-state index is 11.6. The molecule has 1 rings (SSSR count). The van der Waals surface area contributed by atoms with Crippen molar-refractivity contribution in [2.75, 3.05) is 5.32 Å². The van der Waals surface area contributed by atoms with Gasteiger partial charge in [-0.15, -0.1) is 0 Å². The molecule has 1 aromatic rings. The van der Waals surface area contributed by atoms with E-state index in [0.29, 0.717) is 19.3 Å². The lowest BCUT2D eigenvalue weighted by molar-refractivity contribution is -0.126. The Morgan fingerprint density at radius 3 is 2.29 bits per heavy atom. The van der Waals surface area contributed by atoms with Crippen LogP contribution in [-0.4, -0.2) is 17.5 Å². The Kier molecular flexibility index (Phi) is 7.37. The summed E-state index contributed by atoms with van der Waals surface area (Å²) < 4.78 is 0. The highest BCUT2D eigenvalue weighted by Crippen LogP contribution is 2.12. The SMILES string of the molecule is CCCCC(=O)Nc1ccc(CCC(=O)CC(C)=O)cc1. The zero-order chi connectivity index (χ0) is 15.7. The van der Waals surface area contributed by atoms with E-state index in [9.17, 15) is 14.4 Å². The molecule has 0 aliphatic heterocycles. The number of carbonyl (C=O) groups excluding carboxylic acids is 3. The van der Waals surface area contributed by atoms with Crippen LogP contribution in [0.25, 0.3) is 0 Å². The predicted octanol–water partition coefficient (Wildman–Crippen LogP) is 3.30. The Morgan fingerprint density at radius 1 is 1.05 bits per heavy atom. The number of hydrogen-bond donors (Lipinski definition) is 1. The minimum atomic E-state index is -0.0925. The van der Waals surface area contributed by atoms with Crippen molar-refractivity contribution in [3.63, 3.8) is 0 Å². The summed E-state index contributed by atoms with van der Waals surface area (Å²) in [7, 11) is 0. The number of carbonyl (C=O) groups is 3. The number of rotatable bonds is 9. The number of benzene rings is 1. The normalized spacial score (nSPS) is 10.2. The van der Waals surface area contributed by atoms with Crippen molar-refractivity contribution >= 4 is 23.2 Å². The average molecular weight is 289 g/mol. The summed E-state index contributed by atoms with van der Waals surface area (Å²) in [5.74, 6) is -0.0918. The van der Waals surface area contributed by atoms with Gasteiger partial charge in [0.05, 0.1) is 6.42 Å². The molecule has 0 heterocycles. The van der Waals surface area contributed by atoms with E-state index >= 15 is 0 Å². The maximum Gasteiger partial charge on any atom is 0.224 e. The molecule has 1 N–H and O–H groups in total. The molecule has 0 aromatic heterocycles. The standard InChI is InChI=1S/C17H23NO3/c1-3-4-5-17(21)18-15-9-6-14(7-10-15)8-11-16(20)12-13(2)19/h6-7,9-10H,3-5,8,11-12H2,1-2H3,(H,18,21). The first-order chi connectivity index (χ1) is 10.0. The first kappa shape index (κ1) is 17.1. The first-order valence-corrected chi connectivity index (χ1v) is 7.41. The van der Waals surface area contributed by atoms with Gasteiger partial charge in [-0.05, 0) is 37.5 Å². The number of hydrogen-bond acceptors (Lipinski definition) is 3. The third-order valence-electron chi connectivity index (χ3n) is 3.13. The molecule has 114 valence electrons. The van der Waals surface area contributed by atoms with Crippen LogP contribution < -0.4 is 5.32 Å². The second-order valence-corrected chi connectivity index (χ2v) is 5.27. The van der Waals surface area contributed by atoms with E-state index in [1.807, 2.05) is 24.3 Å². The van der Waals surface area contributed by atoms with Gasteiger partial charge in [-0.2, -0.15) is 0 Å². The fraction of sp³-hybridized carbons (Fsp3) is 0.471. The molecular weight excluding hydrogens is 266 g/mol. The van der Waals surface area contributed by atoms with Gasteiger partial charge >= 0.3 is 0 Å². The summed E-state index contributed by atoms with van der Waals surface area (Å²) >= 11 is 0. The van der Waals surface area contributed by atoms with E-state index in [0.717, 1.165) is 24.1 Å². The number of amides is 1. The van der Waals surface area contributed by atoms with Crippen molar-refractivity contribution in [1.29, 1.82) is 0 Å². The molecule has 4 heteroatoms. The van der Waals surface area contributed by atoms with Gasteiger partial charge in [-0.3, -0.25) is 14.4 Å². The quantitative estimate of drug-likeness (QED) is 0.709. The highest BCUT2D eigenvalue weighted by atomic mass is 16.2. The fourth-order valence-electron chi connectivity index (χ4n) is 1.97. The molecule has 0 unspecified atom stereocenters. The van der Waals surface area contributed by atoms with Crippen molar-refractivity contribution in [2.45, 2.75) is 52.4 Å². The number of anilines is 1. The summed E-state index contributed by atoms with van der Waals surface area (Å²) in [5, 5.41) is 2.84. The third-order valence-corrected chi connectivity index (χ3v) is 3.13. The molecule has 0 radical (unpaired) electrons. The zero-order valence-corrected chi connectivity index (χ0v) is 12.8. The molecule has 0 bridgehead atoms. The molecular formula is C17H23NO3. The van der Waals surface area contributed by atoms with Crippen LogP contribution in [0.1, 0.15) is 51.5 Å². The summed E-state index contributed by atoms with van der Waals surface area (Å²) in [5.41, 5.74) is 1.80. The zero-order valence-electron chi connectivity index (χ0n) is 12.8. The van der Waals surface area contributed by atoms with Crippen molar-refractivity contribution in [3.05, 3.63) is 29.8 Å². The van der Waals surface area contributed by atoms with Gasteiger partial charge in [0, 0.05) is 18.5 Å². The van der Waals surface area contributed by atoms with E-state index in [2.05, 4.69) is 12.2 Å². The molecule has 0 saturated heterocycles. The Morgan fingerprint density at radius 2 is 1.71 bits per heavy atom. The minimum absolute atomic E-state index is 0.0194. The summed E-state index contributed by atoms with van der Waals surface area (Å²) in [6.07, 6.45) is 3.45. The third kappa shape index (κ3) is 7.40. The number of aryl methyl sites for hydroxylation is 1. The Balaban J connectivity index is 2.41. The summed E-state index contributed by atoms with van der Waals surface area (Å²) in [6.45, 7) is 3.48. The van der Waals surface area contributed by atoms with E-state index in [1.165, 1.54) is 6.92 Å². The van der Waals surface area contributed by atoms with Gasteiger partial charge in [-0.25, -0.2) is 0 Å². The van der Waals surface area contributed by atoms with Crippen molar-refractivity contribution in [2.24, 2.45) is 0 Å². The lowest BCUT2D eigenvalue weighted by atomic mass is 10.0. The van der Waals surface area contributed by atoms with Crippen molar-refractivity contribution < 1.29 is 14.4 Å². The number of nitrogens with one attached hydrogen (secondary N) is 1. The highest BCUT2D eigenvalue weighted by molar-refractivity contribution is 5.98.